The number of pyridine rings is 1. The molecule has 0 aromatic carbocycles. The molecule has 120 valence electrons. The molecule has 8 nitrogen and oxygen atoms in total. The third-order valence-corrected chi connectivity index (χ3v) is 3.83. The van der Waals surface area contributed by atoms with E-state index in [-0.39, 0.29) is 11.6 Å². The number of aromatic nitrogens is 5. The van der Waals surface area contributed by atoms with Gasteiger partial charge in [-0.05, 0) is 25.5 Å². The number of hydrogen-bond donors (Lipinski definition) is 1. The number of imidazole rings is 1. The molecule has 0 spiro atoms. The lowest BCUT2D eigenvalue weighted by molar-refractivity contribution is 0.0792. The highest BCUT2D eigenvalue weighted by Crippen LogP contribution is 2.07. The Hall–Kier alpha value is -2.90. The Morgan fingerprint density at radius 2 is 2.22 bits per heavy atom. The van der Waals surface area contributed by atoms with Gasteiger partial charge in [-0.3, -0.25) is 9.20 Å². The van der Waals surface area contributed by atoms with Crippen molar-refractivity contribution >= 4 is 11.6 Å². The van der Waals surface area contributed by atoms with Gasteiger partial charge in [-0.1, -0.05) is 0 Å². The fourth-order valence-electron chi connectivity index (χ4n) is 2.48. The molecule has 0 bridgehead atoms. The van der Waals surface area contributed by atoms with Crippen LogP contribution in [-0.2, 0) is 6.54 Å². The van der Waals surface area contributed by atoms with Crippen LogP contribution in [0.3, 0.4) is 0 Å². The number of fused-ring (bicyclic) bond motifs is 1. The molecule has 0 saturated carbocycles. The summed E-state index contributed by atoms with van der Waals surface area (Å²) in [6.07, 6.45) is 6.09. The number of amides is 1. The summed E-state index contributed by atoms with van der Waals surface area (Å²) in [4.78, 5) is 29.7. The number of carbonyl (C=O) groups is 1. The molecule has 8 heteroatoms. The van der Waals surface area contributed by atoms with Gasteiger partial charge in [0.1, 0.15) is 5.82 Å². The van der Waals surface area contributed by atoms with E-state index in [4.69, 9.17) is 0 Å². The smallest absolute Gasteiger partial charge is 0.342 e. The van der Waals surface area contributed by atoms with Crippen molar-refractivity contribution in [2.45, 2.75) is 19.9 Å². The second-order valence-electron chi connectivity index (χ2n) is 5.42. The van der Waals surface area contributed by atoms with Crippen molar-refractivity contribution in [3.63, 3.8) is 0 Å². The quantitative estimate of drug-likeness (QED) is 0.750. The molecule has 23 heavy (non-hydrogen) atoms. The summed E-state index contributed by atoms with van der Waals surface area (Å²) in [6.45, 7) is 3.40. The van der Waals surface area contributed by atoms with E-state index < -0.39 is 0 Å². The third-order valence-electron chi connectivity index (χ3n) is 3.83. The summed E-state index contributed by atoms with van der Waals surface area (Å²) >= 11 is 0. The van der Waals surface area contributed by atoms with Crippen molar-refractivity contribution in [2.75, 3.05) is 13.6 Å². The number of aryl methyl sites for hydroxylation is 2. The lowest BCUT2D eigenvalue weighted by atomic mass is 10.2. The van der Waals surface area contributed by atoms with Crippen LogP contribution in [0.1, 0.15) is 22.6 Å². The molecular formula is C15H18N6O2. The first-order valence-corrected chi connectivity index (χ1v) is 7.36. The minimum absolute atomic E-state index is 0.0923. The highest BCUT2D eigenvalue weighted by molar-refractivity contribution is 5.94. The van der Waals surface area contributed by atoms with E-state index in [1.54, 1.807) is 36.5 Å². The Morgan fingerprint density at radius 1 is 1.39 bits per heavy atom. The monoisotopic (exact) mass is 314 g/mol. The lowest BCUT2D eigenvalue weighted by Gasteiger charge is -2.17. The predicted molar refractivity (Wildman–Crippen MR) is 84.4 cm³/mol. The van der Waals surface area contributed by atoms with Crippen molar-refractivity contribution in [1.82, 2.24) is 29.0 Å². The summed E-state index contributed by atoms with van der Waals surface area (Å²) in [5.74, 6) is 0.874. The summed E-state index contributed by atoms with van der Waals surface area (Å²) in [7, 11) is 1.77. The van der Waals surface area contributed by atoms with E-state index >= 15 is 0 Å². The molecule has 0 aliphatic rings. The van der Waals surface area contributed by atoms with E-state index in [9.17, 15) is 9.59 Å². The van der Waals surface area contributed by atoms with Gasteiger partial charge >= 0.3 is 5.69 Å². The van der Waals surface area contributed by atoms with Gasteiger partial charge in [0.2, 0.25) is 0 Å². The molecular weight excluding hydrogens is 296 g/mol. The summed E-state index contributed by atoms with van der Waals surface area (Å²) in [5, 5.41) is 6.22. The number of hydrogen-bond acceptors (Lipinski definition) is 4. The number of nitrogens with zero attached hydrogens (tertiary/aromatic N) is 5. The van der Waals surface area contributed by atoms with Crippen LogP contribution >= 0.6 is 0 Å². The van der Waals surface area contributed by atoms with E-state index in [0.717, 1.165) is 18.8 Å². The van der Waals surface area contributed by atoms with Crippen molar-refractivity contribution in [2.24, 2.45) is 0 Å². The van der Waals surface area contributed by atoms with Crippen LogP contribution < -0.4 is 5.69 Å². The Morgan fingerprint density at radius 3 is 2.96 bits per heavy atom. The van der Waals surface area contributed by atoms with Gasteiger partial charge < -0.3 is 9.47 Å². The first-order valence-electron chi connectivity index (χ1n) is 7.36. The molecule has 0 saturated heterocycles. The second-order valence-corrected chi connectivity index (χ2v) is 5.42. The average Bonchev–Trinajstić information content (AvgIpc) is 3.12. The van der Waals surface area contributed by atoms with Crippen LogP contribution in [0.25, 0.3) is 5.65 Å². The number of H-pyrrole nitrogens is 1. The van der Waals surface area contributed by atoms with E-state index in [1.807, 2.05) is 13.1 Å². The predicted octanol–water partition coefficient (Wildman–Crippen LogP) is 0.690. The van der Waals surface area contributed by atoms with E-state index in [0.29, 0.717) is 17.8 Å². The summed E-state index contributed by atoms with van der Waals surface area (Å²) < 4.78 is 3.42. The molecule has 0 fully saturated rings. The second kappa shape index (κ2) is 6.07. The van der Waals surface area contributed by atoms with Crippen LogP contribution in [-0.4, -0.2) is 48.5 Å². The number of rotatable bonds is 5. The Labute approximate surface area is 132 Å². The summed E-state index contributed by atoms with van der Waals surface area (Å²) in [5.41, 5.74) is 0.629. The Kier molecular flexibility index (Phi) is 3.96. The molecule has 0 unspecified atom stereocenters. The maximum Gasteiger partial charge on any atom is 0.347 e. The van der Waals surface area contributed by atoms with Crippen LogP contribution in [0.5, 0.6) is 0 Å². The van der Waals surface area contributed by atoms with Crippen molar-refractivity contribution in [3.05, 3.63) is 52.6 Å². The zero-order valence-corrected chi connectivity index (χ0v) is 13.1. The van der Waals surface area contributed by atoms with Crippen LogP contribution in [0, 0.1) is 6.92 Å². The fraction of sp³-hybridized carbons (Fsp3) is 0.333. The molecule has 3 aromatic heterocycles. The first-order chi connectivity index (χ1) is 11.1. The zero-order valence-electron chi connectivity index (χ0n) is 13.1. The number of nitrogens with one attached hydrogen (secondary N) is 1. The topological polar surface area (TPSA) is 88.3 Å². The molecule has 1 amide bonds. The van der Waals surface area contributed by atoms with Gasteiger partial charge in [0.15, 0.2) is 5.65 Å². The maximum atomic E-state index is 12.4. The largest absolute Gasteiger partial charge is 0.347 e. The maximum absolute atomic E-state index is 12.4. The Bertz CT molecular complexity index is 891. The zero-order chi connectivity index (χ0) is 16.4. The molecule has 3 rings (SSSR count). The van der Waals surface area contributed by atoms with E-state index in [2.05, 4.69) is 19.7 Å². The molecule has 0 aliphatic heterocycles. The van der Waals surface area contributed by atoms with Crippen LogP contribution in [0.15, 0.2) is 35.5 Å². The summed E-state index contributed by atoms with van der Waals surface area (Å²) in [6, 6.07) is 3.24. The lowest BCUT2D eigenvalue weighted by Crippen LogP contribution is -2.28. The van der Waals surface area contributed by atoms with Gasteiger partial charge in [0, 0.05) is 44.3 Å². The minimum atomic E-state index is -0.317. The molecule has 3 aromatic rings. The van der Waals surface area contributed by atoms with Gasteiger partial charge in [0.05, 0.1) is 0 Å². The average molecular weight is 314 g/mol. The van der Waals surface area contributed by atoms with Crippen LogP contribution in [0.2, 0.25) is 0 Å². The highest BCUT2D eigenvalue weighted by atomic mass is 16.2. The molecule has 0 radical (unpaired) electrons. The standard InChI is InChI=1S/C15H18N6O2/c1-11-16-5-9-20(11)7-3-6-19(2)14(22)12-4-8-21-13(10-12)17-18-15(21)23/h4-5,8-10H,3,6-7H2,1-2H3,(H,18,23). The first kappa shape index (κ1) is 15.0. The minimum Gasteiger partial charge on any atom is -0.342 e. The van der Waals surface area contributed by atoms with E-state index in [1.165, 1.54) is 4.40 Å². The molecule has 3 heterocycles. The molecule has 0 aliphatic carbocycles. The van der Waals surface area contributed by atoms with Gasteiger partial charge in [-0.2, -0.15) is 5.10 Å². The SMILES string of the molecule is Cc1nccn1CCCN(C)C(=O)c1ccn2c(=O)[nH]nc2c1. The normalized spacial score (nSPS) is 11.0. The van der Waals surface area contributed by atoms with Crippen molar-refractivity contribution in [1.29, 1.82) is 0 Å². The highest BCUT2D eigenvalue weighted by Gasteiger charge is 2.13. The third kappa shape index (κ3) is 3.01. The fourth-order valence-corrected chi connectivity index (χ4v) is 2.48. The van der Waals surface area contributed by atoms with Crippen LogP contribution in [0.4, 0.5) is 0 Å². The number of aromatic amines is 1. The number of carbonyl (C=O) groups excluding carboxylic acids is 1. The molecule has 0 atom stereocenters. The van der Waals surface area contributed by atoms with Gasteiger partial charge in [-0.25, -0.2) is 14.9 Å². The van der Waals surface area contributed by atoms with Crippen molar-refractivity contribution in [3.8, 4) is 0 Å². The molecule has 1 N–H and O–H groups in total. The Balaban J connectivity index is 1.63. The van der Waals surface area contributed by atoms with Gasteiger partial charge in [-0.15, -0.1) is 0 Å². The van der Waals surface area contributed by atoms with Gasteiger partial charge in [0.25, 0.3) is 5.91 Å². The van der Waals surface area contributed by atoms with Crippen molar-refractivity contribution < 1.29 is 4.79 Å².